The van der Waals surface area contributed by atoms with E-state index in [0.717, 1.165) is 16.5 Å². The van der Waals surface area contributed by atoms with Crippen LogP contribution in [-0.4, -0.2) is 15.0 Å². The molecule has 2 heterocycles. The third-order valence-corrected chi connectivity index (χ3v) is 2.74. The number of nitrogens with zero attached hydrogens (tertiary/aromatic N) is 2. The van der Waals surface area contributed by atoms with E-state index in [1.165, 1.54) is 0 Å². The Balaban J connectivity index is 2.57. The summed E-state index contributed by atoms with van der Waals surface area (Å²) >= 11 is 0. The highest BCUT2D eigenvalue weighted by atomic mass is 16.1. The van der Waals surface area contributed by atoms with Gasteiger partial charge in [-0.25, -0.2) is 4.98 Å². The smallest absolute Gasteiger partial charge is 0.261 e. The second-order valence-corrected chi connectivity index (χ2v) is 3.96. The molecule has 0 bridgehead atoms. The van der Waals surface area contributed by atoms with Crippen LogP contribution in [0.5, 0.6) is 0 Å². The zero-order valence-electron chi connectivity index (χ0n) is 9.19. The molecular formula is C12H10N4O. The molecule has 0 amide bonds. The van der Waals surface area contributed by atoms with Crippen LogP contribution in [-0.2, 0) is 0 Å². The number of para-hydroxylation sites is 1. The molecule has 84 valence electrons. The minimum absolute atomic E-state index is 0.0861. The van der Waals surface area contributed by atoms with Gasteiger partial charge in [0.15, 0.2) is 5.65 Å². The number of fused-ring (bicyclic) bond motifs is 2. The monoisotopic (exact) mass is 226 g/mol. The molecule has 2 aromatic heterocycles. The first-order valence-electron chi connectivity index (χ1n) is 5.21. The number of H-pyrrole nitrogens is 1. The maximum Gasteiger partial charge on any atom is 0.261 e. The van der Waals surface area contributed by atoms with Crippen molar-refractivity contribution in [1.29, 1.82) is 0 Å². The molecule has 3 N–H and O–H groups in total. The molecule has 1 aromatic carbocycles. The highest BCUT2D eigenvalue weighted by Gasteiger charge is 2.06. The van der Waals surface area contributed by atoms with Crippen LogP contribution in [0.1, 0.15) is 5.56 Å². The van der Waals surface area contributed by atoms with Gasteiger partial charge in [0, 0.05) is 5.39 Å². The molecule has 0 aliphatic rings. The number of aromatic amines is 1. The lowest BCUT2D eigenvalue weighted by Gasteiger charge is -2.03. The van der Waals surface area contributed by atoms with E-state index in [1.54, 1.807) is 6.07 Å². The number of anilines is 1. The van der Waals surface area contributed by atoms with Crippen molar-refractivity contribution in [3.05, 3.63) is 40.2 Å². The summed E-state index contributed by atoms with van der Waals surface area (Å²) in [7, 11) is 0. The minimum Gasteiger partial charge on any atom is -0.369 e. The van der Waals surface area contributed by atoms with Gasteiger partial charge in [-0.15, -0.1) is 0 Å². The first-order valence-corrected chi connectivity index (χ1v) is 5.21. The normalized spacial score (nSPS) is 11.1. The van der Waals surface area contributed by atoms with Crippen LogP contribution < -0.4 is 11.3 Å². The lowest BCUT2D eigenvalue weighted by molar-refractivity contribution is 1.17. The summed E-state index contributed by atoms with van der Waals surface area (Å²) in [5.41, 5.74) is 7.51. The second kappa shape index (κ2) is 3.28. The Kier molecular flexibility index (Phi) is 1.89. The topological polar surface area (TPSA) is 84.7 Å². The van der Waals surface area contributed by atoms with E-state index in [2.05, 4.69) is 15.0 Å². The van der Waals surface area contributed by atoms with Gasteiger partial charge in [-0.2, -0.15) is 4.98 Å². The van der Waals surface area contributed by atoms with Crippen LogP contribution in [0.25, 0.3) is 21.9 Å². The largest absolute Gasteiger partial charge is 0.369 e. The van der Waals surface area contributed by atoms with Crippen LogP contribution in [0.15, 0.2) is 29.1 Å². The van der Waals surface area contributed by atoms with Crippen molar-refractivity contribution in [3.63, 3.8) is 0 Å². The highest BCUT2D eigenvalue weighted by molar-refractivity contribution is 5.92. The van der Waals surface area contributed by atoms with E-state index in [9.17, 15) is 4.79 Å². The summed E-state index contributed by atoms with van der Waals surface area (Å²) in [6.07, 6.45) is 0. The molecule has 5 nitrogen and oxygen atoms in total. The fourth-order valence-electron chi connectivity index (χ4n) is 1.92. The van der Waals surface area contributed by atoms with Crippen molar-refractivity contribution in [2.24, 2.45) is 0 Å². The van der Waals surface area contributed by atoms with Gasteiger partial charge >= 0.3 is 0 Å². The Bertz CT molecular complexity index is 791. The Hall–Kier alpha value is -2.43. The van der Waals surface area contributed by atoms with E-state index in [0.29, 0.717) is 11.0 Å². The van der Waals surface area contributed by atoms with Gasteiger partial charge in [0.25, 0.3) is 5.56 Å². The lowest BCUT2D eigenvalue weighted by atomic mass is 10.1. The zero-order chi connectivity index (χ0) is 12.0. The third kappa shape index (κ3) is 1.44. The Morgan fingerprint density at radius 3 is 2.94 bits per heavy atom. The number of benzene rings is 1. The number of pyridine rings is 1. The predicted molar refractivity (Wildman–Crippen MR) is 66.8 cm³/mol. The summed E-state index contributed by atoms with van der Waals surface area (Å²) < 4.78 is 0. The maximum absolute atomic E-state index is 11.7. The van der Waals surface area contributed by atoms with Crippen molar-refractivity contribution in [3.8, 4) is 0 Å². The molecule has 0 aliphatic heterocycles. The van der Waals surface area contributed by atoms with E-state index >= 15 is 0 Å². The number of hydrogen-bond donors (Lipinski definition) is 2. The summed E-state index contributed by atoms with van der Waals surface area (Å²) in [6.45, 7) is 1.97. The minimum atomic E-state index is -0.261. The van der Waals surface area contributed by atoms with Gasteiger partial charge in [-0.3, -0.25) is 9.78 Å². The van der Waals surface area contributed by atoms with Crippen LogP contribution >= 0.6 is 0 Å². The number of nitrogen functional groups attached to an aromatic ring is 1. The zero-order valence-corrected chi connectivity index (χ0v) is 9.19. The first-order chi connectivity index (χ1) is 8.15. The quantitative estimate of drug-likeness (QED) is 0.567. The van der Waals surface area contributed by atoms with Crippen LogP contribution in [0, 0.1) is 6.92 Å². The molecule has 3 aromatic rings. The number of aromatic nitrogens is 3. The van der Waals surface area contributed by atoms with E-state index in [-0.39, 0.29) is 11.5 Å². The number of nitrogens with two attached hydrogens (primary N) is 1. The molecule has 0 atom stereocenters. The molecule has 3 rings (SSSR count). The van der Waals surface area contributed by atoms with Gasteiger partial charge in [0.1, 0.15) is 0 Å². The number of nitrogens with one attached hydrogen (secondary N) is 1. The molecule has 0 saturated heterocycles. The molecule has 0 unspecified atom stereocenters. The van der Waals surface area contributed by atoms with Crippen molar-refractivity contribution < 1.29 is 0 Å². The summed E-state index contributed by atoms with van der Waals surface area (Å²) in [5.74, 6) is 0.0861. The summed E-state index contributed by atoms with van der Waals surface area (Å²) in [5, 5.41) is 1.38. The van der Waals surface area contributed by atoms with Gasteiger partial charge < -0.3 is 5.73 Å². The highest BCUT2D eigenvalue weighted by Crippen LogP contribution is 2.19. The molecule has 0 radical (unpaired) electrons. The molecule has 17 heavy (non-hydrogen) atoms. The molecular weight excluding hydrogens is 216 g/mol. The molecule has 0 saturated carbocycles. The van der Waals surface area contributed by atoms with Crippen molar-refractivity contribution in [1.82, 2.24) is 15.0 Å². The van der Waals surface area contributed by atoms with Crippen molar-refractivity contribution in [2.75, 3.05) is 5.73 Å². The second-order valence-electron chi connectivity index (χ2n) is 3.96. The SMILES string of the molecule is Cc1cccc2cc3c(=O)[nH]c(N)nc3nc12. The Morgan fingerprint density at radius 2 is 2.12 bits per heavy atom. The fraction of sp³-hybridized carbons (Fsp3) is 0.0833. The summed E-state index contributed by atoms with van der Waals surface area (Å²) in [6, 6.07) is 7.61. The van der Waals surface area contributed by atoms with Crippen molar-refractivity contribution in [2.45, 2.75) is 6.92 Å². The summed E-state index contributed by atoms with van der Waals surface area (Å²) in [4.78, 5) is 22.6. The van der Waals surface area contributed by atoms with Crippen LogP contribution in [0.3, 0.4) is 0 Å². The number of rotatable bonds is 0. The van der Waals surface area contributed by atoms with Crippen LogP contribution in [0.4, 0.5) is 5.95 Å². The first kappa shape index (κ1) is 9.77. The maximum atomic E-state index is 11.7. The average molecular weight is 226 g/mol. The van der Waals surface area contributed by atoms with E-state index in [4.69, 9.17) is 5.73 Å². The van der Waals surface area contributed by atoms with Crippen molar-refractivity contribution >= 4 is 27.9 Å². The molecule has 0 fully saturated rings. The van der Waals surface area contributed by atoms with E-state index < -0.39 is 0 Å². The third-order valence-electron chi connectivity index (χ3n) is 2.74. The van der Waals surface area contributed by atoms with Gasteiger partial charge in [-0.05, 0) is 18.6 Å². The molecule has 0 aliphatic carbocycles. The predicted octanol–water partition coefficient (Wildman–Crippen LogP) is 1.36. The lowest BCUT2D eigenvalue weighted by Crippen LogP contribution is -2.12. The standard InChI is InChI=1S/C12H10N4O/c1-6-3-2-4-7-5-8-10(14-9(6)7)15-12(13)16-11(8)17/h2-5H,1H3,(H3,13,14,15,16,17). The number of hydrogen-bond acceptors (Lipinski definition) is 4. The molecule has 0 spiro atoms. The average Bonchev–Trinajstić information content (AvgIpc) is 2.28. The fourth-order valence-corrected chi connectivity index (χ4v) is 1.92. The number of aryl methyl sites for hydroxylation is 1. The molecule has 5 heteroatoms. The van der Waals surface area contributed by atoms with E-state index in [1.807, 2.05) is 25.1 Å². The van der Waals surface area contributed by atoms with Gasteiger partial charge in [0.2, 0.25) is 5.95 Å². The van der Waals surface area contributed by atoms with Crippen LogP contribution in [0.2, 0.25) is 0 Å². The van der Waals surface area contributed by atoms with Gasteiger partial charge in [-0.1, -0.05) is 18.2 Å². The Labute approximate surface area is 96.3 Å². The van der Waals surface area contributed by atoms with Gasteiger partial charge in [0.05, 0.1) is 10.9 Å². The Morgan fingerprint density at radius 1 is 1.29 bits per heavy atom.